The number of halogens is 2. The molecule has 0 amide bonds. The van der Waals surface area contributed by atoms with Gasteiger partial charge >= 0.3 is 0 Å². The molecule has 1 saturated heterocycles. The highest BCUT2D eigenvalue weighted by Gasteiger charge is 2.08. The Labute approximate surface area is 148 Å². The van der Waals surface area contributed by atoms with Crippen LogP contribution in [-0.4, -0.2) is 50.3 Å². The summed E-state index contributed by atoms with van der Waals surface area (Å²) in [5, 5.41) is 3.08. The Morgan fingerprint density at radius 1 is 1.36 bits per heavy atom. The molecule has 22 heavy (non-hydrogen) atoms. The number of ether oxygens (including phenoxy) is 1. The first-order valence-corrected chi connectivity index (χ1v) is 7.32. The van der Waals surface area contributed by atoms with Crippen LogP contribution in [-0.2, 0) is 11.3 Å². The monoisotopic (exact) mass is 422 g/mol. The van der Waals surface area contributed by atoms with Crippen molar-refractivity contribution in [1.82, 2.24) is 10.2 Å². The van der Waals surface area contributed by atoms with Gasteiger partial charge in [0.15, 0.2) is 5.96 Å². The molecule has 1 aromatic carbocycles. The van der Waals surface area contributed by atoms with Crippen molar-refractivity contribution < 1.29 is 9.13 Å². The molecule has 2 rings (SSSR count). The quantitative estimate of drug-likeness (QED) is 0.316. The maximum Gasteiger partial charge on any atom is 0.188 e. The molecule has 1 aromatic rings. The van der Waals surface area contributed by atoms with Crippen LogP contribution in [0.1, 0.15) is 12.0 Å². The number of aliphatic imine (C=N–C) groups is 1. The fraction of sp³-hybridized carbons (Fsp3) is 0.533. The summed E-state index contributed by atoms with van der Waals surface area (Å²) in [5.41, 5.74) is 6.60. The number of hydrogen-bond acceptors (Lipinski definition) is 3. The van der Waals surface area contributed by atoms with E-state index in [0.717, 1.165) is 51.4 Å². The van der Waals surface area contributed by atoms with E-state index in [0.29, 0.717) is 12.5 Å². The van der Waals surface area contributed by atoms with Gasteiger partial charge in [-0.05, 0) is 30.7 Å². The number of guanidine groups is 1. The summed E-state index contributed by atoms with van der Waals surface area (Å²) in [5.74, 6) is 0.154. The maximum absolute atomic E-state index is 13.0. The molecule has 0 spiro atoms. The van der Waals surface area contributed by atoms with Crippen molar-refractivity contribution in [2.24, 2.45) is 10.7 Å². The number of benzene rings is 1. The SMILES string of the molecule is I.NC(=NCc1cccc(F)c1)NCCCN1CCOCC1. The first kappa shape index (κ1) is 19.1. The summed E-state index contributed by atoms with van der Waals surface area (Å²) in [6.45, 7) is 5.87. The highest BCUT2D eigenvalue weighted by atomic mass is 127. The molecule has 0 saturated carbocycles. The highest BCUT2D eigenvalue weighted by molar-refractivity contribution is 14.0. The topological polar surface area (TPSA) is 62.9 Å². The van der Waals surface area contributed by atoms with E-state index in [1.165, 1.54) is 12.1 Å². The highest BCUT2D eigenvalue weighted by Crippen LogP contribution is 2.04. The van der Waals surface area contributed by atoms with Gasteiger partial charge in [0, 0.05) is 19.6 Å². The molecule has 0 aliphatic carbocycles. The lowest BCUT2D eigenvalue weighted by atomic mass is 10.2. The third kappa shape index (κ3) is 7.37. The van der Waals surface area contributed by atoms with Crippen LogP contribution in [0.2, 0.25) is 0 Å². The van der Waals surface area contributed by atoms with Crippen molar-refractivity contribution in [3.63, 3.8) is 0 Å². The lowest BCUT2D eigenvalue weighted by molar-refractivity contribution is 0.0376. The maximum atomic E-state index is 13.0. The second kappa shape index (κ2) is 10.7. The van der Waals surface area contributed by atoms with Gasteiger partial charge in [-0.1, -0.05) is 12.1 Å². The van der Waals surface area contributed by atoms with Gasteiger partial charge in [0.05, 0.1) is 19.8 Å². The number of hydrogen-bond donors (Lipinski definition) is 2. The van der Waals surface area contributed by atoms with E-state index in [1.54, 1.807) is 6.07 Å². The van der Waals surface area contributed by atoms with Crippen LogP contribution in [0, 0.1) is 5.82 Å². The van der Waals surface area contributed by atoms with Gasteiger partial charge in [0.25, 0.3) is 0 Å². The zero-order chi connectivity index (χ0) is 14.9. The van der Waals surface area contributed by atoms with Crippen LogP contribution < -0.4 is 11.1 Å². The van der Waals surface area contributed by atoms with Crippen LogP contribution >= 0.6 is 24.0 Å². The van der Waals surface area contributed by atoms with Crippen molar-refractivity contribution in [2.75, 3.05) is 39.4 Å². The summed E-state index contributed by atoms with van der Waals surface area (Å²) in [6.07, 6.45) is 1.01. The Hall–Kier alpha value is -0.930. The minimum Gasteiger partial charge on any atom is -0.379 e. The number of nitrogens with two attached hydrogens (primary N) is 1. The average Bonchev–Trinajstić information content (AvgIpc) is 2.51. The van der Waals surface area contributed by atoms with Crippen LogP contribution in [0.3, 0.4) is 0 Å². The standard InChI is InChI=1S/C15H23FN4O.HI/c16-14-4-1-3-13(11-14)12-19-15(17)18-5-2-6-20-7-9-21-10-8-20;/h1,3-4,11H,2,5-10,12H2,(H3,17,18,19);1H. The number of nitrogens with zero attached hydrogens (tertiary/aromatic N) is 2. The van der Waals surface area contributed by atoms with Gasteiger partial charge in [-0.25, -0.2) is 9.38 Å². The number of rotatable bonds is 6. The number of morpholine rings is 1. The van der Waals surface area contributed by atoms with Crippen molar-refractivity contribution >= 4 is 29.9 Å². The first-order valence-electron chi connectivity index (χ1n) is 7.32. The molecule has 7 heteroatoms. The van der Waals surface area contributed by atoms with Crippen molar-refractivity contribution in [3.05, 3.63) is 35.6 Å². The van der Waals surface area contributed by atoms with Crippen molar-refractivity contribution in [3.8, 4) is 0 Å². The summed E-state index contributed by atoms with van der Waals surface area (Å²) >= 11 is 0. The molecule has 0 atom stereocenters. The Kier molecular flexibility index (Phi) is 9.33. The second-order valence-electron chi connectivity index (χ2n) is 5.07. The Bertz CT molecular complexity index is 467. The summed E-state index contributed by atoms with van der Waals surface area (Å²) < 4.78 is 18.3. The molecule has 124 valence electrons. The van der Waals surface area contributed by atoms with E-state index >= 15 is 0 Å². The normalized spacial score (nSPS) is 16.1. The molecular formula is C15H24FIN4O. The fourth-order valence-corrected chi connectivity index (χ4v) is 2.21. The largest absolute Gasteiger partial charge is 0.379 e. The summed E-state index contributed by atoms with van der Waals surface area (Å²) in [4.78, 5) is 6.58. The van der Waals surface area contributed by atoms with Crippen molar-refractivity contribution in [2.45, 2.75) is 13.0 Å². The Morgan fingerprint density at radius 2 is 2.14 bits per heavy atom. The van der Waals surface area contributed by atoms with E-state index in [1.807, 2.05) is 6.07 Å². The molecule has 3 N–H and O–H groups in total. The molecule has 0 radical (unpaired) electrons. The van der Waals surface area contributed by atoms with Gasteiger partial charge < -0.3 is 15.8 Å². The van der Waals surface area contributed by atoms with E-state index in [4.69, 9.17) is 10.5 Å². The molecular weight excluding hydrogens is 398 g/mol. The summed E-state index contributed by atoms with van der Waals surface area (Å²) in [7, 11) is 0. The molecule has 1 heterocycles. The van der Waals surface area contributed by atoms with Crippen LogP contribution in [0.25, 0.3) is 0 Å². The molecule has 0 bridgehead atoms. The lowest BCUT2D eigenvalue weighted by Gasteiger charge is -2.26. The van der Waals surface area contributed by atoms with Gasteiger partial charge in [-0.2, -0.15) is 0 Å². The predicted octanol–water partition coefficient (Wildman–Crippen LogP) is 1.57. The zero-order valence-corrected chi connectivity index (χ0v) is 15.0. The minimum absolute atomic E-state index is 0. The van der Waals surface area contributed by atoms with Gasteiger partial charge in [-0.3, -0.25) is 4.90 Å². The van der Waals surface area contributed by atoms with E-state index in [-0.39, 0.29) is 29.8 Å². The average molecular weight is 422 g/mol. The fourth-order valence-electron chi connectivity index (χ4n) is 2.21. The van der Waals surface area contributed by atoms with E-state index in [2.05, 4.69) is 15.2 Å². The van der Waals surface area contributed by atoms with Crippen LogP contribution in [0.5, 0.6) is 0 Å². The smallest absolute Gasteiger partial charge is 0.188 e. The third-order valence-corrected chi connectivity index (χ3v) is 3.38. The van der Waals surface area contributed by atoms with Gasteiger partial charge in [-0.15, -0.1) is 24.0 Å². The molecule has 1 aliphatic rings. The zero-order valence-electron chi connectivity index (χ0n) is 12.6. The van der Waals surface area contributed by atoms with E-state index in [9.17, 15) is 4.39 Å². The molecule has 0 aromatic heterocycles. The molecule has 0 unspecified atom stereocenters. The van der Waals surface area contributed by atoms with Gasteiger partial charge in [0.2, 0.25) is 0 Å². The molecule has 5 nitrogen and oxygen atoms in total. The van der Waals surface area contributed by atoms with Crippen molar-refractivity contribution in [1.29, 1.82) is 0 Å². The van der Waals surface area contributed by atoms with Gasteiger partial charge in [0.1, 0.15) is 5.82 Å². The lowest BCUT2D eigenvalue weighted by Crippen LogP contribution is -2.39. The Balaban J connectivity index is 0.00000242. The molecule has 1 aliphatic heterocycles. The van der Waals surface area contributed by atoms with Crippen LogP contribution in [0.15, 0.2) is 29.3 Å². The summed E-state index contributed by atoms with van der Waals surface area (Å²) in [6, 6.07) is 6.39. The number of nitrogens with one attached hydrogen (secondary N) is 1. The predicted molar refractivity (Wildman–Crippen MR) is 97.0 cm³/mol. The Morgan fingerprint density at radius 3 is 2.86 bits per heavy atom. The third-order valence-electron chi connectivity index (χ3n) is 3.38. The van der Waals surface area contributed by atoms with E-state index < -0.39 is 0 Å². The van der Waals surface area contributed by atoms with Crippen LogP contribution in [0.4, 0.5) is 4.39 Å². The minimum atomic E-state index is -0.250. The first-order chi connectivity index (χ1) is 10.2. The second-order valence-corrected chi connectivity index (χ2v) is 5.07. The molecule has 1 fully saturated rings.